The van der Waals surface area contributed by atoms with E-state index in [1.807, 2.05) is 25.1 Å². The molecule has 6 heteroatoms. The minimum Gasteiger partial charge on any atom is -0.392 e. The first-order valence-corrected chi connectivity index (χ1v) is 7.74. The number of aromatic nitrogens is 2. The average Bonchev–Trinajstić information content (AvgIpc) is 3.05. The van der Waals surface area contributed by atoms with Gasteiger partial charge in [-0.1, -0.05) is 23.7 Å². The summed E-state index contributed by atoms with van der Waals surface area (Å²) in [4.78, 5) is 12.2. The van der Waals surface area contributed by atoms with Gasteiger partial charge in [-0.3, -0.25) is 4.79 Å². The van der Waals surface area contributed by atoms with Crippen LogP contribution < -0.4 is 5.32 Å². The van der Waals surface area contributed by atoms with Crippen molar-refractivity contribution in [1.29, 1.82) is 0 Å². The molecule has 0 radical (unpaired) electrons. The third-order valence-corrected chi connectivity index (χ3v) is 4.36. The van der Waals surface area contributed by atoms with Crippen LogP contribution in [0.25, 0.3) is 5.69 Å². The van der Waals surface area contributed by atoms with Crippen LogP contribution in [0.1, 0.15) is 25.0 Å². The number of anilines is 1. The number of nitrogens with one attached hydrogen (secondary N) is 1. The molecule has 2 aromatic rings. The van der Waals surface area contributed by atoms with E-state index in [4.69, 9.17) is 11.6 Å². The minimum absolute atomic E-state index is 0.172. The lowest BCUT2D eigenvalue weighted by Gasteiger charge is -2.12. The summed E-state index contributed by atoms with van der Waals surface area (Å²) in [5, 5.41) is 17.6. The summed E-state index contributed by atoms with van der Waals surface area (Å²) in [7, 11) is 0. The van der Waals surface area contributed by atoms with Crippen molar-refractivity contribution >= 4 is 23.3 Å². The first-order chi connectivity index (χ1) is 10.6. The van der Waals surface area contributed by atoms with Gasteiger partial charge in [0.05, 0.1) is 22.7 Å². The molecular formula is C16H18ClN3O2. The quantitative estimate of drug-likeness (QED) is 0.914. The Bertz CT molecular complexity index is 698. The Kier molecular flexibility index (Phi) is 4.18. The Morgan fingerprint density at radius 1 is 1.41 bits per heavy atom. The third kappa shape index (κ3) is 2.87. The second kappa shape index (κ2) is 6.10. The highest BCUT2D eigenvalue weighted by Gasteiger charge is 2.31. The van der Waals surface area contributed by atoms with E-state index >= 15 is 0 Å². The third-order valence-electron chi connectivity index (χ3n) is 4.04. The van der Waals surface area contributed by atoms with Crippen molar-refractivity contribution in [2.75, 3.05) is 5.32 Å². The molecule has 0 spiro atoms. The van der Waals surface area contributed by atoms with Crippen LogP contribution in [0.5, 0.6) is 0 Å². The molecule has 0 saturated heterocycles. The van der Waals surface area contributed by atoms with Crippen LogP contribution in [0.2, 0.25) is 5.02 Å². The van der Waals surface area contributed by atoms with Crippen molar-refractivity contribution in [3.8, 4) is 5.69 Å². The molecule has 0 bridgehead atoms. The molecule has 2 unspecified atom stereocenters. The van der Waals surface area contributed by atoms with E-state index in [0.29, 0.717) is 17.3 Å². The summed E-state index contributed by atoms with van der Waals surface area (Å²) >= 11 is 6.19. The van der Waals surface area contributed by atoms with Crippen LogP contribution in [0.4, 0.5) is 5.82 Å². The van der Waals surface area contributed by atoms with Crippen molar-refractivity contribution in [2.45, 2.75) is 32.3 Å². The van der Waals surface area contributed by atoms with Crippen LogP contribution in [0, 0.1) is 12.8 Å². The summed E-state index contributed by atoms with van der Waals surface area (Å²) in [5.74, 6) is -0.0407. The number of aryl methyl sites for hydroxylation is 1. The number of amides is 1. The fourth-order valence-corrected chi connectivity index (χ4v) is 3.08. The van der Waals surface area contributed by atoms with Crippen molar-refractivity contribution in [3.05, 3.63) is 41.0 Å². The zero-order valence-corrected chi connectivity index (χ0v) is 13.0. The van der Waals surface area contributed by atoms with E-state index in [9.17, 15) is 9.90 Å². The summed E-state index contributed by atoms with van der Waals surface area (Å²) in [6, 6.07) is 9.20. The summed E-state index contributed by atoms with van der Waals surface area (Å²) < 4.78 is 1.70. The monoisotopic (exact) mass is 319 g/mol. The number of aliphatic hydroxyl groups is 1. The van der Waals surface area contributed by atoms with Crippen LogP contribution >= 0.6 is 11.6 Å². The second-order valence-electron chi connectivity index (χ2n) is 5.63. The van der Waals surface area contributed by atoms with Gasteiger partial charge >= 0.3 is 0 Å². The predicted octanol–water partition coefficient (Wildman–Crippen LogP) is 2.93. The number of aliphatic hydroxyl groups excluding tert-OH is 1. The standard InChI is InChI=1S/C16H18ClN3O2/c1-10-9-15(18-16(22)11-5-4-8-14(11)21)19-20(10)13-7-3-2-6-12(13)17/h2-3,6-7,9,11,14,21H,4-5,8H2,1H3,(H,18,19,22). The van der Waals surface area contributed by atoms with E-state index in [-0.39, 0.29) is 11.8 Å². The number of halogens is 1. The minimum atomic E-state index is -0.549. The maximum absolute atomic E-state index is 12.2. The van der Waals surface area contributed by atoms with Gasteiger partial charge in [0, 0.05) is 11.8 Å². The highest BCUT2D eigenvalue weighted by molar-refractivity contribution is 6.32. The van der Waals surface area contributed by atoms with E-state index in [1.54, 1.807) is 16.8 Å². The summed E-state index contributed by atoms with van der Waals surface area (Å²) in [6.45, 7) is 1.90. The van der Waals surface area contributed by atoms with E-state index in [1.165, 1.54) is 0 Å². The van der Waals surface area contributed by atoms with Crippen LogP contribution in [0.15, 0.2) is 30.3 Å². The first-order valence-electron chi connectivity index (χ1n) is 7.37. The zero-order valence-electron chi connectivity index (χ0n) is 12.3. The molecule has 1 aromatic heterocycles. The summed E-state index contributed by atoms with van der Waals surface area (Å²) in [6.07, 6.45) is 1.74. The molecule has 1 heterocycles. The van der Waals surface area contributed by atoms with Gasteiger partial charge in [-0.15, -0.1) is 5.10 Å². The predicted molar refractivity (Wildman–Crippen MR) is 85.3 cm³/mol. The van der Waals surface area contributed by atoms with Gasteiger partial charge < -0.3 is 10.4 Å². The number of hydrogen-bond acceptors (Lipinski definition) is 3. The van der Waals surface area contributed by atoms with Crippen LogP contribution in [-0.4, -0.2) is 26.9 Å². The molecule has 1 amide bonds. The molecule has 2 atom stereocenters. The molecular weight excluding hydrogens is 302 g/mol. The Morgan fingerprint density at radius 2 is 2.18 bits per heavy atom. The fraction of sp³-hybridized carbons (Fsp3) is 0.375. The molecule has 1 aromatic carbocycles. The van der Waals surface area contributed by atoms with Gasteiger partial charge in [0.25, 0.3) is 0 Å². The number of hydrogen-bond donors (Lipinski definition) is 2. The Balaban J connectivity index is 1.81. The largest absolute Gasteiger partial charge is 0.392 e. The molecule has 1 fully saturated rings. The van der Waals surface area contributed by atoms with Gasteiger partial charge in [0.2, 0.25) is 5.91 Å². The van der Waals surface area contributed by atoms with Crippen molar-refractivity contribution in [2.24, 2.45) is 5.92 Å². The maximum Gasteiger partial charge on any atom is 0.231 e. The molecule has 3 rings (SSSR count). The van der Waals surface area contributed by atoms with E-state index < -0.39 is 6.10 Å². The highest BCUT2D eigenvalue weighted by Crippen LogP contribution is 2.27. The molecule has 116 valence electrons. The van der Waals surface area contributed by atoms with Crippen LogP contribution in [-0.2, 0) is 4.79 Å². The molecule has 1 aliphatic carbocycles. The number of carbonyl (C=O) groups excluding carboxylic acids is 1. The molecule has 5 nitrogen and oxygen atoms in total. The SMILES string of the molecule is Cc1cc(NC(=O)C2CCCC2O)nn1-c1ccccc1Cl. The Hall–Kier alpha value is -1.85. The first kappa shape index (κ1) is 15.1. The summed E-state index contributed by atoms with van der Waals surface area (Å²) in [5.41, 5.74) is 1.64. The lowest BCUT2D eigenvalue weighted by molar-refractivity contribution is -0.122. The second-order valence-corrected chi connectivity index (χ2v) is 6.04. The van der Waals surface area contributed by atoms with Gasteiger partial charge in [-0.05, 0) is 38.3 Å². The lowest BCUT2D eigenvalue weighted by Crippen LogP contribution is -2.28. The van der Waals surface area contributed by atoms with E-state index in [2.05, 4.69) is 10.4 Å². The normalized spacial score (nSPS) is 21.0. The number of rotatable bonds is 3. The number of carbonyl (C=O) groups is 1. The number of para-hydroxylation sites is 1. The van der Waals surface area contributed by atoms with Crippen molar-refractivity contribution in [3.63, 3.8) is 0 Å². The van der Waals surface area contributed by atoms with Gasteiger partial charge in [-0.25, -0.2) is 4.68 Å². The van der Waals surface area contributed by atoms with Gasteiger partial charge in [0.1, 0.15) is 0 Å². The molecule has 2 N–H and O–H groups in total. The Labute approximate surface area is 133 Å². The molecule has 22 heavy (non-hydrogen) atoms. The number of nitrogens with zero attached hydrogens (tertiary/aromatic N) is 2. The highest BCUT2D eigenvalue weighted by atomic mass is 35.5. The van der Waals surface area contributed by atoms with E-state index in [0.717, 1.165) is 24.2 Å². The number of benzene rings is 1. The molecule has 1 aliphatic rings. The molecule has 1 saturated carbocycles. The smallest absolute Gasteiger partial charge is 0.231 e. The van der Waals surface area contributed by atoms with Gasteiger partial charge in [-0.2, -0.15) is 0 Å². The lowest BCUT2D eigenvalue weighted by atomic mass is 10.1. The Morgan fingerprint density at radius 3 is 2.86 bits per heavy atom. The zero-order chi connectivity index (χ0) is 15.7. The van der Waals surface area contributed by atoms with Crippen molar-refractivity contribution in [1.82, 2.24) is 9.78 Å². The van der Waals surface area contributed by atoms with Crippen LogP contribution in [0.3, 0.4) is 0 Å². The van der Waals surface area contributed by atoms with Crippen molar-refractivity contribution < 1.29 is 9.90 Å². The maximum atomic E-state index is 12.2. The average molecular weight is 320 g/mol. The fourth-order valence-electron chi connectivity index (χ4n) is 2.87. The topological polar surface area (TPSA) is 67.2 Å². The molecule has 0 aliphatic heterocycles. The van der Waals surface area contributed by atoms with Gasteiger partial charge in [0.15, 0.2) is 5.82 Å².